The molecule has 0 atom stereocenters. The maximum absolute atomic E-state index is 11.7. The number of carbonyl (C=O) groups excluding carboxylic acids is 1. The quantitative estimate of drug-likeness (QED) is 0.773. The Labute approximate surface area is 96.0 Å². The van der Waals surface area contributed by atoms with Crippen molar-refractivity contribution in [1.82, 2.24) is 4.98 Å². The summed E-state index contributed by atoms with van der Waals surface area (Å²) in [5.74, 6) is -0.314. The van der Waals surface area contributed by atoms with Crippen molar-refractivity contribution >= 4 is 28.4 Å². The number of H-pyrrole nitrogens is 1. The van der Waals surface area contributed by atoms with Crippen LogP contribution in [-0.4, -0.2) is 10.9 Å². The number of halogens is 1. The SMILES string of the molecule is NC(=O)c1ccc2[nH]c(CCl)cc(=O)c2c1. The van der Waals surface area contributed by atoms with Crippen molar-refractivity contribution in [3.8, 4) is 0 Å². The van der Waals surface area contributed by atoms with E-state index in [9.17, 15) is 9.59 Å². The second-order valence-corrected chi connectivity index (χ2v) is 3.68. The van der Waals surface area contributed by atoms with E-state index in [1.165, 1.54) is 12.1 Å². The lowest BCUT2D eigenvalue weighted by Gasteiger charge is -2.02. The number of primary amides is 1. The number of rotatable bonds is 2. The van der Waals surface area contributed by atoms with Crippen LogP contribution in [0.1, 0.15) is 16.1 Å². The molecule has 16 heavy (non-hydrogen) atoms. The second-order valence-electron chi connectivity index (χ2n) is 3.42. The van der Waals surface area contributed by atoms with Gasteiger partial charge < -0.3 is 10.7 Å². The van der Waals surface area contributed by atoms with E-state index in [-0.39, 0.29) is 11.3 Å². The molecular weight excluding hydrogens is 228 g/mol. The monoisotopic (exact) mass is 236 g/mol. The van der Waals surface area contributed by atoms with Gasteiger partial charge in [0.1, 0.15) is 0 Å². The number of nitrogens with one attached hydrogen (secondary N) is 1. The number of aromatic amines is 1. The van der Waals surface area contributed by atoms with Crippen LogP contribution in [0.2, 0.25) is 0 Å². The first-order valence-corrected chi connectivity index (χ1v) is 5.17. The fourth-order valence-corrected chi connectivity index (χ4v) is 1.67. The average molecular weight is 237 g/mol. The zero-order chi connectivity index (χ0) is 11.7. The number of hydrogen-bond donors (Lipinski definition) is 2. The summed E-state index contributed by atoms with van der Waals surface area (Å²) in [7, 11) is 0. The summed E-state index contributed by atoms with van der Waals surface area (Å²) in [6.07, 6.45) is 0. The summed E-state index contributed by atoms with van der Waals surface area (Å²) in [4.78, 5) is 25.7. The van der Waals surface area contributed by atoms with Crippen molar-refractivity contribution in [1.29, 1.82) is 0 Å². The number of alkyl halides is 1. The largest absolute Gasteiger partial charge is 0.366 e. The minimum Gasteiger partial charge on any atom is -0.366 e. The molecule has 4 nitrogen and oxygen atoms in total. The standard InChI is InChI=1S/C11H9ClN2O2/c12-5-7-4-10(15)8-3-6(11(13)16)1-2-9(8)14-7/h1-4H,5H2,(H2,13,16)(H,14,15). The minimum absolute atomic E-state index is 0.174. The molecule has 0 aliphatic rings. The molecular formula is C11H9ClN2O2. The van der Waals surface area contributed by atoms with Crippen molar-refractivity contribution in [3.05, 3.63) is 45.7 Å². The summed E-state index contributed by atoms with van der Waals surface area (Å²) in [5.41, 5.74) is 6.57. The van der Waals surface area contributed by atoms with E-state index in [2.05, 4.69) is 4.98 Å². The Morgan fingerprint density at radius 1 is 1.38 bits per heavy atom. The number of carbonyl (C=O) groups is 1. The van der Waals surface area contributed by atoms with E-state index in [0.29, 0.717) is 22.2 Å². The number of nitrogens with two attached hydrogens (primary N) is 1. The van der Waals surface area contributed by atoms with Gasteiger partial charge in [-0.05, 0) is 18.2 Å². The van der Waals surface area contributed by atoms with Gasteiger partial charge in [0.2, 0.25) is 5.91 Å². The summed E-state index contributed by atoms with van der Waals surface area (Å²) in [5, 5.41) is 0.435. The highest BCUT2D eigenvalue weighted by Crippen LogP contribution is 2.11. The van der Waals surface area contributed by atoms with Crippen molar-refractivity contribution in [2.45, 2.75) is 5.88 Å². The number of hydrogen-bond acceptors (Lipinski definition) is 2. The van der Waals surface area contributed by atoms with Crippen LogP contribution in [-0.2, 0) is 5.88 Å². The zero-order valence-corrected chi connectivity index (χ0v) is 9.04. The molecule has 82 valence electrons. The molecule has 0 bridgehead atoms. The summed E-state index contributed by atoms with van der Waals surface area (Å²) in [6, 6.07) is 6.11. The molecule has 0 radical (unpaired) electrons. The van der Waals surface area contributed by atoms with E-state index in [0.717, 1.165) is 0 Å². The van der Waals surface area contributed by atoms with Gasteiger partial charge in [-0.3, -0.25) is 9.59 Å². The number of pyridine rings is 1. The first-order valence-electron chi connectivity index (χ1n) is 4.63. The van der Waals surface area contributed by atoms with Gasteiger partial charge in [-0.2, -0.15) is 0 Å². The third kappa shape index (κ3) is 1.79. The predicted octanol–water partition coefficient (Wildman–Crippen LogP) is 1.37. The second kappa shape index (κ2) is 3.98. The molecule has 0 saturated carbocycles. The topological polar surface area (TPSA) is 76.0 Å². The Morgan fingerprint density at radius 2 is 2.12 bits per heavy atom. The summed E-state index contributed by atoms with van der Waals surface area (Å²) in [6.45, 7) is 0. The smallest absolute Gasteiger partial charge is 0.248 e. The molecule has 2 rings (SSSR count). The minimum atomic E-state index is -0.553. The molecule has 0 spiro atoms. The van der Waals surface area contributed by atoms with Crippen LogP contribution in [0.15, 0.2) is 29.1 Å². The Hall–Kier alpha value is -1.81. The van der Waals surface area contributed by atoms with E-state index >= 15 is 0 Å². The maximum Gasteiger partial charge on any atom is 0.248 e. The van der Waals surface area contributed by atoms with Crippen LogP contribution in [0.25, 0.3) is 10.9 Å². The average Bonchev–Trinajstić information content (AvgIpc) is 2.28. The Bertz CT molecular complexity index is 619. The van der Waals surface area contributed by atoms with E-state index in [1.807, 2.05) is 0 Å². The lowest BCUT2D eigenvalue weighted by atomic mass is 10.1. The number of benzene rings is 1. The molecule has 1 aromatic carbocycles. The van der Waals surface area contributed by atoms with Crippen molar-refractivity contribution in [3.63, 3.8) is 0 Å². The van der Waals surface area contributed by atoms with E-state index in [4.69, 9.17) is 17.3 Å². The molecule has 2 aromatic rings. The van der Waals surface area contributed by atoms with Crippen LogP contribution in [0.5, 0.6) is 0 Å². The molecule has 0 fully saturated rings. The van der Waals surface area contributed by atoms with Crippen molar-refractivity contribution in [2.75, 3.05) is 0 Å². The molecule has 0 aliphatic heterocycles. The Kier molecular flexibility index (Phi) is 2.66. The lowest BCUT2D eigenvalue weighted by molar-refractivity contribution is 0.100. The van der Waals surface area contributed by atoms with Crippen molar-refractivity contribution in [2.24, 2.45) is 5.73 Å². The third-order valence-corrected chi connectivity index (χ3v) is 2.60. The van der Waals surface area contributed by atoms with Crippen LogP contribution >= 0.6 is 11.6 Å². The van der Waals surface area contributed by atoms with Crippen molar-refractivity contribution < 1.29 is 4.79 Å². The Morgan fingerprint density at radius 3 is 2.75 bits per heavy atom. The van der Waals surface area contributed by atoms with Gasteiger partial charge in [0, 0.05) is 28.2 Å². The van der Waals surface area contributed by atoms with Crippen LogP contribution in [0.4, 0.5) is 0 Å². The van der Waals surface area contributed by atoms with E-state index < -0.39 is 5.91 Å². The van der Waals surface area contributed by atoms with Gasteiger partial charge in [0.15, 0.2) is 5.43 Å². The number of fused-ring (bicyclic) bond motifs is 1. The van der Waals surface area contributed by atoms with Gasteiger partial charge >= 0.3 is 0 Å². The summed E-state index contributed by atoms with van der Waals surface area (Å²) < 4.78 is 0. The normalized spacial score (nSPS) is 10.6. The van der Waals surface area contributed by atoms with Crippen LogP contribution in [0.3, 0.4) is 0 Å². The van der Waals surface area contributed by atoms with Gasteiger partial charge in [-0.15, -0.1) is 11.6 Å². The fraction of sp³-hybridized carbons (Fsp3) is 0.0909. The van der Waals surface area contributed by atoms with Crippen LogP contribution in [0, 0.1) is 0 Å². The molecule has 0 saturated heterocycles. The highest BCUT2D eigenvalue weighted by Gasteiger charge is 2.05. The summed E-state index contributed by atoms with van der Waals surface area (Å²) >= 11 is 5.64. The third-order valence-electron chi connectivity index (χ3n) is 2.31. The molecule has 1 aromatic heterocycles. The lowest BCUT2D eigenvalue weighted by Crippen LogP contribution is -2.12. The fourth-order valence-electron chi connectivity index (χ4n) is 1.53. The van der Waals surface area contributed by atoms with Gasteiger partial charge in [0.25, 0.3) is 0 Å². The number of aromatic nitrogens is 1. The van der Waals surface area contributed by atoms with Gasteiger partial charge in [0.05, 0.1) is 5.88 Å². The molecule has 0 aliphatic carbocycles. The highest BCUT2D eigenvalue weighted by atomic mass is 35.5. The molecule has 5 heteroatoms. The van der Waals surface area contributed by atoms with Gasteiger partial charge in [-0.25, -0.2) is 0 Å². The van der Waals surface area contributed by atoms with E-state index in [1.54, 1.807) is 12.1 Å². The Balaban J connectivity index is 2.75. The zero-order valence-electron chi connectivity index (χ0n) is 8.29. The van der Waals surface area contributed by atoms with Crippen LogP contribution < -0.4 is 11.2 Å². The molecule has 1 amide bonds. The first kappa shape index (κ1) is 10.7. The highest BCUT2D eigenvalue weighted by molar-refractivity contribution is 6.17. The predicted molar refractivity (Wildman–Crippen MR) is 62.6 cm³/mol. The first-order chi connectivity index (χ1) is 7.61. The molecule has 1 heterocycles. The number of amides is 1. The maximum atomic E-state index is 11.7. The van der Waals surface area contributed by atoms with Gasteiger partial charge in [-0.1, -0.05) is 0 Å². The molecule has 3 N–H and O–H groups in total. The molecule has 0 unspecified atom stereocenters.